The maximum absolute atomic E-state index is 11.8. The van der Waals surface area contributed by atoms with Crippen molar-refractivity contribution in [2.45, 2.75) is 27.7 Å². The number of aromatic nitrogens is 1. The zero-order valence-corrected chi connectivity index (χ0v) is 12.3. The number of aryl methyl sites for hydroxylation is 3. The normalized spacial score (nSPS) is 10.6. The molecule has 0 bridgehead atoms. The third kappa shape index (κ3) is 2.54. The fourth-order valence-corrected chi connectivity index (χ4v) is 2.59. The van der Waals surface area contributed by atoms with Gasteiger partial charge in [-0.05, 0) is 44.9 Å². The lowest BCUT2D eigenvalue weighted by Crippen LogP contribution is -2.05. The summed E-state index contributed by atoms with van der Waals surface area (Å²) in [6.07, 6.45) is 0. The lowest BCUT2D eigenvalue weighted by molar-refractivity contribution is 0.0528. The number of ether oxygens (including phenoxy) is 1. The van der Waals surface area contributed by atoms with Crippen LogP contribution in [-0.4, -0.2) is 17.6 Å². The predicted octanol–water partition coefficient (Wildman–Crippen LogP) is 3.37. The van der Waals surface area contributed by atoms with Crippen LogP contribution in [0.4, 0.5) is 5.82 Å². The summed E-state index contributed by atoms with van der Waals surface area (Å²) >= 11 is 0. The van der Waals surface area contributed by atoms with Crippen molar-refractivity contribution in [1.29, 1.82) is 0 Å². The number of benzene rings is 1. The molecule has 0 atom stereocenters. The highest BCUT2D eigenvalue weighted by atomic mass is 16.5. The Labute approximate surface area is 119 Å². The Morgan fingerprint density at radius 2 is 1.80 bits per heavy atom. The number of rotatable bonds is 3. The van der Waals surface area contributed by atoms with Gasteiger partial charge in [0, 0.05) is 11.3 Å². The Hall–Kier alpha value is -2.23. The van der Waals surface area contributed by atoms with Gasteiger partial charge >= 0.3 is 5.97 Å². The van der Waals surface area contributed by atoms with Gasteiger partial charge in [-0.25, -0.2) is 4.79 Å². The van der Waals surface area contributed by atoms with Crippen LogP contribution in [0.3, 0.4) is 0 Å². The van der Waals surface area contributed by atoms with E-state index in [1.165, 1.54) is 5.56 Å². The number of esters is 1. The third-order valence-corrected chi connectivity index (χ3v) is 3.29. The topological polar surface area (TPSA) is 68.1 Å². The van der Waals surface area contributed by atoms with E-state index in [0.29, 0.717) is 18.0 Å². The number of nitrogens with one attached hydrogen (secondary N) is 1. The minimum atomic E-state index is -0.394. The average molecular weight is 272 g/mol. The zero-order valence-electron chi connectivity index (χ0n) is 12.3. The van der Waals surface area contributed by atoms with Crippen LogP contribution in [0.2, 0.25) is 0 Å². The van der Waals surface area contributed by atoms with Crippen molar-refractivity contribution < 1.29 is 9.53 Å². The Balaban J connectivity index is 2.50. The van der Waals surface area contributed by atoms with Gasteiger partial charge in [0.25, 0.3) is 0 Å². The van der Waals surface area contributed by atoms with Crippen LogP contribution in [0.5, 0.6) is 0 Å². The van der Waals surface area contributed by atoms with Crippen LogP contribution in [0.15, 0.2) is 18.2 Å². The lowest BCUT2D eigenvalue weighted by atomic mass is 9.97. The number of anilines is 1. The van der Waals surface area contributed by atoms with E-state index in [2.05, 4.69) is 37.9 Å². The number of H-pyrrole nitrogens is 1. The van der Waals surface area contributed by atoms with Crippen molar-refractivity contribution in [3.8, 4) is 11.3 Å². The van der Waals surface area contributed by atoms with Gasteiger partial charge < -0.3 is 15.5 Å². The molecule has 0 aliphatic heterocycles. The highest BCUT2D eigenvalue weighted by molar-refractivity contribution is 5.96. The first-order chi connectivity index (χ1) is 9.43. The van der Waals surface area contributed by atoms with Gasteiger partial charge in [0.15, 0.2) is 0 Å². The molecule has 2 rings (SSSR count). The Morgan fingerprint density at radius 3 is 2.35 bits per heavy atom. The fourth-order valence-electron chi connectivity index (χ4n) is 2.59. The molecule has 1 aromatic heterocycles. The van der Waals surface area contributed by atoms with Gasteiger partial charge in [-0.15, -0.1) is 0 Å². The van der Waals surface area contributed by atoms with Gasteiger partial charge in [-0.3, -0.25) is 0 Å². The van der Waals surface area contributed by atoms with Crippen molar-refractivity contribution in [2.24, 2.45) is 0 Å². The van der Waals surface area contributed by atoms with Gasteiger partial charge in [-0.2, -0.15) is 0 Å². The summed E-state index contributed by atoms with van der Waals surface area (Å²) in [5.41, 5.74) is 11.7. The standard InChI is InChI=1S/C16H20N2O2/c1-5-20-16(19)12-8-13(18-15(12)17)14-10(3)6-9(2)7-11(14)4/h6-8,18H,5,17H2,1-4H3. The molecule has 1 aromatic carbocycles. The van der Waals surface area contributed by atoms with E-state index >= 15 is 0 Å². The van der Waals surface area contributed by atoms with Crippen molar-refractivity contribution in [3.05, 3.63) is 40.5 Å². The summed E-state index contributed by atoms with van der Waals surface area (Å²) in [5, 5.41) is 0. The summed E-state index contributed by atoms with van der Waals surface area (Å²) in [6, 6.07) is 5.99. The molecule has 0 amide bonds. The minimum Gasteiger partial charge on any atom is -0.462 e. The number of carbonyl (C=O) groups is 1. The number of nitrogens with two attached hydrogens (primary N) is 1. The second kappa shape index (κ2) is 5.41. The molecule has 2 aromatic rings. The van der Waals surface area contributed by atoms with Crippen molar-refractivity contribution >= 4 is 11.8 Å². The van der Waals surface area contributed by atoms with Gasteiger partial charge in [0.1, 0.15) is 11.4 Å². The predicted molar refractivity (Wildman–Crippen MR) is 80.8 cm³/mol. The molecule has 0 unspecified atom stereocenters. The quantitative estimate of drug-likeness (QED) is 0.842. The molecule has 1 heterocycles. The number of carbonyl (C=O) groups excluding carboxylic acids is 1. The first kappa shape index (κ1) is 14.2. The Bertz CT molecular complexity index is 633. The van der Waals surface area contributed by atoms with Crippen LogP contribution in [0, 0.1) is 20.8 Å². The van der Waals surface area contributed by atoms with Gasteiger partial charge in [0.2, 0.25) is 0 Å². The van der Waals surface area contributed by atoms with Crippen LogP contribution in [-0.2, 0) is 4.74 Å². The van der Waals surface area contributed by atoms with Crippen LogP contribution < -0.4 is 5.73 Å². The third-order valence-electron chi connectivity index (χ3n) is 3.29. The van der Waals surface area contributed by atoms with E-state index in [1.807, 2.05) is 0 Å². The number of hydrogen-bond acceptors (Lipinski definition) is 3. The lowest BCUT2D eigenvalue weighted by Gasteiger charge is -2.09. The van der Waals surface area contributed by atoms with Crippen molar-refractivity contribution in [3.63, 3.8) is 0 Å². The number of hydrogen-bond donors (Lipinski definition) is 2. The molecule has 0 saturated carbocycles. The number of aromatic amines is 1. The molecule has 0 spiro atoms. The molecule has 0 saturated heterocycles. The molecule has 4 nitrogen and oxygen atoms in total. The molecule has 20 heavy (non-hydrogen) atoms. The second-order valence-corrected chi connectivity index (χ2v) is 5.00. The molecule has 0 radical (unpaired) electrons. The SMILES string of the molecule is CCOC(=O)c1cc(-c2c(C)cc(C)cc2C)[nH]c1N. The van der Waals surface area contributed by atoms with Gasteiger partial charge in [0.05, 0.1) is 6.61 Å². The highest BCUT2D eigenvalue weighted by Crippen LogP contribution is 2.30. The van der Waals surface area contributed by atoms with Gasteiger partial charge in [-0.1, -0.05) is 17.7 Å². The molecule has 0 aliphatic carbocycles. The summed E-state index contributed by atoms with van der Waals surface area (Å²) < 4.78 is 5.00. The zero-order chi connectivity index (χ0) is 14.9. The minimum absolute atomic E-state index is 0.335. The summed E-state index contributed by atoms with van der Waals surface area (Å²) in [5.74, 6) is -0.0484. The Kier molecular flexibility index (Phi) is 3.84. The van der Waals surface area contributed by atoms with E-state index in [4.69, 9.17) is 10.5 Å². The van der Waals surface area contributed by atoms with E-state index in [0.717, 1.165) is 22.4 Å². The fraction of sp³-hybridized carbons (Fsp3) is 0.312. The molecule has 0 aliphatic rings. The average Bonchev–Trinajstić information content (AvgIpc) is 2.70. The highest BCUT2D eigenvalue weighted by Gasteiger charge is 2.17. The smallest absolute Gasteiger partial charge is 0.341 e. The van der Waals surface area contributed by atoms with Crippen molar-refractivity contribution in [2.75, 3.05) is 12.3 Å². The molecule has 4 heteroatoms. The molecule has 0 fully saturated rings. The van der Waals surface area contributed by atoms with Crippen LogP contribution in [0.25, 0.3) is 11.3 Å². The molecular weight excluding hydrogens is 252 g/mol. The van der Waals surface area contributed by atoms with E-state index in [-0.39, 0.29) is 0 Å². The first-order valence-electron chi connectivity index (χ1n) is 6.67. The monoisotopic (exact) mass is 272 g/mol. The van der Waals surface area contributed by atoms with Crippen LogP contribution >= 0.6 is 0 Å². The molecule has 106 valence electrons. The molecular formula is C16H20N2O2. The van der Waals surface area contributed by atoms with Crippen molar-refractivity contribution in [1.82, 2.24) is 4.98 Å². The largest absolute Gasteiger partial charge is 0.462 e. The first-order valence-corrected chi connectivity index (χ1v) is 6.67. The van der Waals surface area contributed by atoms with E-state index in [9.17, 15) is 4.79 Å². The second-order valence-electron chi connectivity index (χ2n) is 5.00. The summed E-state index contributed by atoms with van der Waals surface area (Å²) in [6.45, 7) is 8.28. The maximum atomic E-state index is 11.8. The van der Waals surface area contributed by atoms with E-state index in [1.54, 1.807) is 13.0 Å². The maximum Gasteiger partial charge on any atom is 0.341 e. The van der Waals surface area contributed by atoms with Crippen LogP contribution in [0.1, 0.15) is 34.0 Å². The summed E-state index contributed by atoms with van der Waals surface area (Å²) in [4.78, 5) is 14.9. The number of nitrogen functional groups attached to an aromatic ring is 1. The summed E-state index contributed by atoms with van der Waals surface area (Å²) in [7, 11) is 0. The Morgan fingerprint density at radius 1 is 1.20 bits per heavy atom. The molecule has 3 N–H and O–H groups in total. The van der Waals surface area contributed by atoms with E-state index < -0.39 is 5.97 Å².